The van der Waals surface area contributed by atoms with E-state index in [1.165, 1.54) is 0 Å². The van der Waals surface area contributed by atoms with Crippen LogP contribution in [0.2, 0.25) is 0 Å². The Labute approximate surface area is 122 Å². The maximum atomic E-state index is 13.4. The van der Waals surface area contributed by atoms with E-state index in [4.69, 9.17) is 15.4 Å². The Balaban J connectivity index is 2.33. The fraction of sp³-hybridized carbons (Fsp3) is 0.364. The summed E-state index contributed by atoms with van der Waals surface area (Å²) in [6.07, 6.45) is 2.00. The molecule has 0 amide bonds. The molecule has 19 heavy (non-hydrogen) atoms. The third-order valence-corrected chi connectivity index (χ3v) is 5.10. The van der Waals surface area contributed by atoms with E-state index in [0.29, 0.717) is 5.92 Å². The minimum atomic E-state index is -4.15. The van der Waals surface area contributed by atoms with Crippen molar-refractivity contribution < 1.29 is 22.3 Å². The van der Waals surface area contributed by atoms with Crippen molar-refractivity contribution in [2.45, 2.75) is 17.7 Å². The first-order chi connectivity index (χ1) is 8.79. The van der Waals surface area contributed by atoms with Crippen LogP contribution in [-0.4, -0.2) is 21.0 Å². The number of hydrogen-bond acceptors (Lipinski definition) is 4. The zero-order valence-electron chi connectivity index (χ0n) is 9.53. The molecule has 0 aromatic heterocycles. The molecule has 1 aromatic rings. The van der Waals surface area contributed by atoms with E-state index in [2.05, 4.69) is 15.9 Å². The molecule has 2 rings (SSSR count). The molecule has 0 atom stereocenters. The van der Waals surface area contributed by atoms with Gasteiger partial charge in [-0.15, -0.1) is 0 Å². The maximum absolute atomic E-state index is 13.4. The Morgan fingerprint density at radius 1 is 1.47 bits per heavy atom. The number of benzene rings is 1. The summed E-state index contributed by atoms with van der Waals surface area (Å²) < 4.78 is 40.8. The Hall–Kier alpha value is -0.660. The average molecular weight is 372 g/mol. The third kappa shape index (κ3) is 3.67. The molecule has 0 unspecified atom stereocenters. The second-order valence-corrected chi connectivity index (χ2v) is 7.57. The molecule has 104 valence electrons. The van der Waals surface area contributed by atoms with Gasteiger partial charge in [0.15, 0.2) is 0 Å². The molecule has 0 saturated heterocycles. The van der Waals surface area contributed by atoms with Gasteiger partial charge in [0.05, 0.1) is 16.6 Å². The highest BCUT2D eigenvalue weighted by atomic mass is 79.9. The highest BCUT2D eigenvalue weighted by molar-refractivity contribution is 9.10. The first-order valence-electron chi connectivity index (χ1n) is 5.40. The molecule has 8 heteroatoms. The maximum Gasteiger partial charge on any atom is 0.339 e. The quantitative estimate of drug-likeness (QED) is 0.603. The summed E-state index contributed by atoms with van der Waals surface area (Å²) in [5.41, 5.74) is -0.195. The van der Waals surface area contributed by atoms with Gasteiger partial charge in [0.2, 0.25) is 0 Å². The third-order valence-electron chi connectivity index (χ3n) is 2.63. The highest BCUT2D eigenvalue weighted by Crippen LogP contribution is 2.32. The number of hydrogen-bond donors (Lipinski definition) is 0. The lowest BCUT2D eigenvalue weighted by Crippen LogP contribution is -2.10. The van der Waals surface area contributed by atoms with Gasteiger partial charge in [-0.25, -0.2) is 17.6 Å². The van der Waals surface area contributed by atoms with Crippen LogP contribution in [0, 0.1) is 11.7 Å². The topological polar surface area (TPSA) is 60.4 Å². The summed E-state index contributed by atoms with van der Waals surface area (Å²) in [6, 6.07) is 1.65. The molecule has 1 fully saturated rings. The number of esters is 1. The largest absolute Gasteiger partial charge is 0.462 e. The molecule has 1 aliphatic carbocycles. The van der Waals surface area contributed by atoms with Gasteiger partial charge in [-0.3, -0.25) is 0 Å². The second-order valence-electron chi connectivity index (χ2n) is 4.25. The van der Waals surface area contributed by atoms with E-state index in [9.17, 15) is 17.6 Å². The molecule has 1 aromatic carbocycles. The number of carbonyl (C=O) groups is 1. The van der Waals surface area contributed by atoms with Crippen molar-refractivity contribution in [2.75, 3.05) is 6.61 Å². The monoisotopic (exact) mass is 370 g/mol. The lowest BCUT2D eigenvalue weighted by molar-refractivity contribution is 0.0484. The summed E-state index contributed by atoms with van der Waals surface area (Å²) in [5, 5.41) is 0. The van der Waals surface area contributed by atoms with Crippen molar-refractivity contribution in [3.8, 4) is 0 Å². The lowest BCUT2D eigenvalue weighted by Gasteiger charge is -2.08. The minimum Gasteiger partial charge on any atom is -0.462 e. The van der Waals surface area contributed by atoms with Crippen molar-refractivity contribution in [2.24, 2.45) is 5.92 Å². The van der Waals surface area contributed by atoms with Crippen LogP contribution in [-0.2, 0) is 13.8 Å². The lowest BCUT2D eigenvalue weighted by atomic mass is 10.2. The van der Waals surface area contributed by atoms with Crippen LogP contribution in [0.25, 0.3) is 0 Å². The molecule has 0 heterocycles. The Morgan fingerprint density at radius 3 is 2.63 bits per heavy atom. The van der Waals surface area contributed by atoms with Crippen molar-refractivity contribution in [1.82, 2.24) is 0 Å². The van der Waals surface area contributed by atoms with Gasteiger partial charge < -0.3 is 4.74 Å². The summed E-state index contributed by atoms with van der Waals surface area (Å²) in [7, 11) is 1.02. The molecule has 0 aliphatic heterocycles. The molecule has 1 aliphatic rings. The van der Waals surface area contributed by atoms with Crippen LogP contribution < -0.4 is 0 Å². The summed E-state index contributed by atoms with van der Waals surface area (Å²) in [4.78, 5) is 11.3. The summed E-state index contributed by atoms with van der Waals surface area (Å²) >= 11 is 2.94. The molecule has 0 spiro atoms. The van der Waals surface area contributed by atoms with Gasteiger partial charge in [-0.1, -0.05) is 0 Å². The molecular formula is C11H9BrClFO4S. The normalized spacial score (nSPS) is 15.3. The van der Waals surface area contributed by atoms with E-state index >= 15 is 0 Å². The van der Waals surface area contributed by atoms with Crippen molar-refractivity contribution in [1.29, 1.82) is 0 Å². The van der Waals surface area contributed by atoms with Gasteiger partial charge in [0.1, 0.15) is 10.7 Å². The van der Waals surface area contributed by atoms with Crippen LogP contribution in [0.1, 0.15) is 23.2 Å². The first-order valence-corrected chi connectivity index (χ1v) is 8.50. The predicted molar refractivity (Wildman–Crippen MR) is 70.1 cm³/mol. The predicted octanol–water partition coefficient (Wildman–Crippen LogP) is 3.08. The van der Waals surface area contributed by atoms with Gasteiger partial charge >= 0.3 is 5.97 Å². The van der Waals surface area contributed by atoms with E-state index in [-0.39, 0.29) is 16.6 Å². The molecular weight excluding hydrogens is 363 g/mol. The molecule has 0 N–H and O–H groups in total. The Morgan fingerprint density at radius 2 is 2.11 bits per heavy atom. The number of carbonyl (C=O) groups excluding carboxylic acids is 1. The van der Waals surface area contributed by atoms with E-state index < -0.39 is 25.7 Å². The molecule has 4 nitrogen and oxygen atoms in total. The number of ether oxygens (including phenoxy) is 1. The molecule has 0 bridgehead atoms. The van der Waals surface area contributed by atoms with E-state index in [0.717, 1.165) is 25.0 Å². The first kappa shape index (κ1) is 14.7. The summed E-state index contributed by atoms with van der Waals surface area (Å²) in [5.74, 6) is -1.30. The fourth-order valence-electron chi connectivity index (χ4n) is 1.45. The molecule has 0 radical (unpaired) electrons. The van der Waals surface area contributed by atoms with Crippen LogP contribution in [0.3, 0.4) is 0 Å². The molecule has 1 saturated carbocycles. The van der Waals surface area contributed by atoms with Gasteiger partial charge in [0, 0.05) is 10.7 Å². The second kappa shape index (κ2) is 5.38. The van der Waals surface area contributed by atoms with Crippen molar-refractivity contribution in [3.63, 3.8) is 0 Å². The van der Waals surface area contributed by atoms with E-state index in [1.807, 2.05) is 0 Å². The zero-order chi connectivity index (χ0) is 14.2. The Bertz CT molecular complexity index is 628. The standard InChI is InChI=1S/C11H9BrClFO4S/c12-10-8(11(15)18-5-6-1-2-6)3-7(14)4-9(10)19(13,16)17/h3-4,6H,1-2,5H2. The van der Waals surface area contributed by atoms with Gasteiger partial charge in [-0.2, -0.15) is 0 Å². The highest BCUT2D eigenvalue weighted by Gasteiger charge is 2.26. The van der Waals surface area contributed by atoms with Crippen molar-refractivity contribution in [3.05, 3.63) is 28.0 Å². The van der Waals surface area contributed by atoms with Crippen LogP contribution in [0.15, 0.2) is 21.5 Å². The average Bonchev–Trinajstić information content (AvgIpc) is 3.11. The van der Waals surface area contributed by atoms with Crippen LogP contribution in [0.5, 0.6) is 0 Å². The van der Waals surface area contributed by atoms with Crippen LogP contribution >= 0.6 is 26.6 Å². The SMILES string of the molecule is O=C(OCC1CC1)c1cc(F)cc(S(=O)(=O)Cl)c1Br. The van der Waals surface area contributed by atoms with Crippen molar-refractivity contribution >= 4 is 41.6 Å². The van der Waals surface area contributed by atoms with Gasteiger partial charge in [-0.05, 0) is 46.8 Å². The Kier molecular flexibility index (Phi) is 4.17. The zero-order valence-corrected chi connectivity index (χ0v) is 12.7. The number of rotatable bonds is 4. The van der Waals surface area contributed by atoms with Gasteiger partial charge in [0.25, 0.3) is 9.05 Å². The van der Waals surface area contributed by atoms with E-state index in [1.54, 1.807) is 0 Å². The number of halogens is 3. The smallest absolute Gasteiger partial charge is 0.339 e. The summed E-state index contributed by atoms with van der Waals surface area (Å²) in [6.45, 7) is 0.255. The van der Waals surface area contributed by atoms with Crippen LogP contribution in [0.4, 0.5) is 4.39 Å². The fourth-order valence-corrected chi connectivity index (χ4v) is 3.70. The minimum absolute atomic E-state index is 0.0929.